The summed E-state index contributed by atoms with van der Waals surface area (Å²) in [5, 5.41) is 0. The number of ketones is 1. The zero-order chi connectivity index (χ0) is 14.4. The van der Waals surface area contributed by atoms with E-state index in [0.717, 1.165) is 53.1 Å². The Morgan fingerprint density at radius 1 is 0.455 bits per heavy atom. The Bertz CT molecular complexity index is 406. The topological polar surface area (TPSA) is 17.1 Å². The summed E-state index contributed by atoms with van der Waals surface area (Å²) >= 11 is 0. The third-order valence-electron chi connectivity index (χ3n) is 9.11. The highest BCUT2D eigenvalue weighted by molar-refractivity contribution is 5.85. The molecule has 0 heterocycles. The first-order valence-corrected chi connectivity index (χ1v) is 10.3. The third kappa shape index (κ3) is 1.69. The van der Waals surface area contributed by atoms with E-state index in [0.29, 0.717) is 11.8 Å². The Labute approximate surface area is 134 Å². The lowest BCUT2D eigenvalue weighted by atomic mass is 9.46. The summed E-state index contributed by atoms with van der Waals surface area (Å²) in [5.41, 5.74) is 0. The van der Waals surface area contributed by atoms with Crippen LogP contribution in [-0.4, -0.2) is 5.78 Å². The zero-order valence-corrected chi connectivity index (χ0v) is 13.8. The summed E-state index contributed by atoms with van der Waals surface area (Å²) in [6, 6.07) is 0. The fraction of sp³-hybridized carbons (Fsp3) is 0.952. The summed E-state index contributed by atoms with van der Waals surface area (Å²) in [5.74, 6) is 9.06. The number of hydrogen-bond acceptors (Lipinski definition) is 1. The van der Waals surface area contributed by atoms with Crippen molar-refractivity contribution in [2.75, 3.05) is 0 Å². The standard InChI is InChI=1S/C21H30O/c22-21(19-15-3-11-1-12(5-15)6-16(19)4-11)20-17-7-13-2-14(9-17)10-18(20)8-13/h11-20H,1-10H2. The lowest BCUT2D eigenvalue weighted by Gasteiger charge is -2.58. The molecule has 0 aromatic rings. The van der Waals surface area contributed by atoms with E-state index in [1.165, 1.54) is 64.2 Å². The molecule has 1 heteroatoms. The smallest absolute Gasteiger partial charge is 0.140 e. The second-order valence-electron chi connectivity index (χ2n) is 10.3. The monoisotopic (exact) mass is 298 g/mol. The maximum Gasteiger partial charge on any atom is 0.140 e. The highest BCUT2D eigenvalue weighted by Crippen LogP contribution is 2.61. The van der Waals surface area contributed by atoms with Gasteiger partial charge in [0.25, 0.3) is 0 Å². The molecule has 1 nitrogen and oxygen atoms in total. The fourth-order valence-electron chi connectivity index (χ4n) is 9.00. The van der Waals surface area contributed by atoms with E-state index in [-0.39, 0.29) is 0 Å². The fourth-order valence-corrected chi connectivity index (χ4v) is 9.00. The van der Waals surface area contributed by atoms with Gasteiger partial charge < -0.3 is 0 Å². The van der Waals surface area contributed by atoms with Crippen molar-refractivity contribution in [3.63, 3.8) is 0 Å². The SMILES string of the molecule is O=C(C1C2CC3CC(C2)CC1C3)C1C2CC3CC(C2)CC1C3. The van der Waals surface area contributed by atoms with Crippen LogP contribution in [0, 0.1) is 59.2 Å². The van der Waals surface area contributed by atoms with Gasteiger partial charge in [-0.15, -0.1) is 0 Å². The largest absolute Gasteiger partial charge is 0.299 e. The zero-order valence-electron chi connectivity index (χ0n) is 13.8. The lowest BCUT2D eigenvalue weighted by Crippen LogP contribution is -2.54. The van der Waals surface area contributed by atoms with Gasteiger partial charge in [0.15, 0.2) is 0 Å². The van der Waals surface area contributed by atoms with Crippen LogP contribution >= 0.6 is 0 Å². The summed E-state index contributed by atoms with van der Waals surface area (Å²) < 4.78 is 0. The number of hydrogen-bond donors (Lipinski definition) is 0. The number of Topliss-reactive ketones (excluding diaryl/α,β-unsaturated/α-hetero) is 1. The van der Waals surface area contributed by atoms with Crippen LogP contribution in [0.1, 0.15) is 64.2 Å². The van der Waals surface area contributed by atoms with E-state index in [2.05, 4.69) is 0 Å². The van der Waals surface area contributed by atoms with Crippen LogP contribution in [0.25, 0.3) is 0 Å². The average molecular weight is 298 g/mol. The summed E-state index contributed by atoms with van der Waals surface area (Å²) in [6.07, 6.45) is 14.3. The molecule has 0 saturated heterocycles. The van der Waals surface area contributed by atoms with Crippen molar-refractivity contribution >= 4 is 5.78 Å². The quantitative estimate of drug-likeness (QED) is 0.722. The van der Waals surface area contributed by atoms with Crippen LogP contribution < -0.4 is 0 Å². The van der Waals surface area contributed by atoms with E-state index in [9.17, 15) is 4.79 Å². The average Bonchev–Trinajstić information content (AvgIpc) is 2.44. The van der Waals surface area contributed by atoms with E-state index in [1.807, 2.05) is 0 Å². The van der Waals surface area contributed by atoms with Gasteiger partial charge in [-0.25, -0.2) is 0 Å². The van der Waals surface area contributed by atoms with Gasteiger partial charge in [0.05, 0.1) is 0 Å². The summed E-state index contributed by atoms with van der Waals surface area (Å²) in [7, 11) is 0. The lowest BCUT2D eigenvalue weighted by molar-refractivity contribution is -0.152. The first-order chi connectivity index (χ1) is 10.7. The third-order valence-corrected chi connectivity index (χ3v) is 9.11. The van der Waals surface area contributed by atoms with Crippen molar-refractivity contribution in [2.45, 2.75) is 64.2 Å². The van der Waals surface area contributed by atoms with Crippen molar-refractivity contribution in [1.82, 2.24) is 0 Å². The minimum absolute atomic E-state index is 0.510. The van der Waals surface area contributed by atoms with Gasteiger partial charge in [-0.3, -0.25) is 4.79 Å². The minimum Gasteiger partial charge on any atom is -0.299 e. The van der Waals surface area contributed by atoms with Crippen molar-refractivity contribution in [1.29, 1.82) is 0 Å². The Morgan fingerprint density at radius 2 is 0.727 bits per heavy atom. The predicted molar refractivity (Wildman–Crippen MR) is 86.1 cm³/mol. The molecule has 8 aliphatic rings. The first kappa shape index (κ1) is 13.0. The van der Waals surface area contributed by atoms with Gasteiger partial charge in [0.1, 0.15) is 5.78 Å². The molecule has 8 bridgehead atoms. The highest BCUT2D eigenvalue weighted by atomic mass is 16.1. The molecule has 0 N–H and O–H groups in total. The maximum atomic E-state index is 13.6. The second kappa shape index (κ2) is 4.39. The molecule has 0 spiro atoms. The highest BCUT2D eigenvalue weighted by Gasteiger charge is 2.56. The molecule has 0 radical (unpaired) electrons. The Balaban J connectivity index is 1.29. The number of carbonyl (C=O) groups is 1. The molecule has 0 aromatic carbocycles. The molecule has 8 aliphatic carbocycles. The van der Waals surface area contributed by atoms with Crippen LogP contribution in [0.2, 0.25) is 0 Å². The van der Waals surface area contributed by atoms with E-state index in [1.54, 1.807) is 0 Å². The molecule has 0 aromatic heterocycles. The molecular formula is C21H30O. The molecule has 0 unspecified atom stereocenters. The molecular weight excluding hydrogens is 268 g/mol. The molecule has 8 fully saturated rings. The molecule has 0 atom stereocenters. The van der Waals surface area contributed by atoms with Crippen LogP contribution in [0.4, 0.5) is 0 Å². The van der Waals surface area contributed by atoms with Gasteiger partial charge in [0, 0.05) is 11.8 Å². The minimum atomic E-state index is 0.510. The van der Waals surface area contributed by atoms with Crippen LogP contribution in [0.3, 0.4) is 0 Å². The first-order valence-electron chi connectivity index (χ1n) is 10.3. The Kier molecular flexibility index (Phi) is 2.60. The van der Waals surface area contributed by atoms with Crippen LogP contribution in [0.15, 0.2) is 0 Å². The molecule has 8 saturated carbocycles. The van der Waals surface area contributed by atoms with Gasteiger partial charge in [-0.1, -0.05) is 0 Å². The molecule has 0 aliphatic heterocycles. The van der Waals surface area contributed by atoms with E-state index >= 15 is 0 Å². The van der Waals surface area contributed by atoms with E-state index in [4.69, 9.17) is 0 Å². The van der Waals surface area contributed by atoms with Crippen molar-refractivity contribution < 1.29 is 4.79 Å². The van der Waals surface area contributed by atoms with Crippen molar-refractivity contribution in [2.24, 2.45) is 59.2 Å². The maximum absolute atomic E-state index is 13.6. The van der Waals surface area contributed by atoms with E-state index < -0.39 is 0 Å². The van der Waals surface area contributed by atoms with Gasteiger partial charge in [-0.05, 0) is 112 Å². The van der Waals surface area contributed by atoms with Gasteiger partial charge in [0.2, 0.25) is 0 Å². The number of rotatable bonds is 2. The molecule has 22 heavy (non-hydrogen) atoms. The van der Waals surface area contributed by atoms with Gasteiger partial charge >= 0.3 is 0 Å². The number of carbonyl (C=O) groups excluding carboxylic acids is 1. The predicted octanol–water partition coefficient (Wildman–Crippen LogP) is 4.70. The Morgan fingerprint density at radius 3 is 1.00 bits per heavy atom. The van der Waals surface area contributed by atoms with Crippen molar-refractivity contribution in [3.05, 3.63) is 0 Å². The molecule has 8 rings (SSSR count). The molecule has 120 valence electrons. The second-order valence-corrected chi connectivity index (χ2v) is 10.3. The van der Waals surface area contributed by atoms with Crippen molar-refractivity contribution in [3.8, 4) is 0 Å². The molecule has 0 amide bonds. The van der Waals surface area contributed by atoms with Crippen LogP contribution in [0.5, 0.6) is 0 Å². The summed E-state index contributed by atoms with van der Waals surface area (Å²) in [6.45, 7) is 0. The van der Waals surface area contributed by atoms with Gasteiger partial charge in [-0.2, -0.15) is 0 Å². The normalized spacial score (nSPS) is 60.9. The van der Waals surface area contributed by atoms with Crippen LogP contribution in [-0.2, 0) is 4.79 Å². The summed E-state index contributed by atoms with van der Waals surface area (Å²) in [4.78, 5) is 13.6. The Hall–Kier alpha value is -0.330.